The number of rotatable bonds is 2. The summed E-state index contributed by atoms with van der Waals surface area (Å²) in [6.45, 7) is 0. The number of carbonyl (C=O) groups is 1. The molecule has 0 spiro atoms. The molecule has 0 saturated carbocycles. The molecule has 2 rings (SSSR count). The summed E-state index contributed by atoms with van der Waals surface area (Å²) in [5.41, 5.74) is 0. The van der Waals surface area contributed by atoms with Gasteiger partial charge in [-0.25, -0.2) is 9.78 Å². The molecule has 0 bridgehead atoms. The van der Waals surface area contributed by atoms with Gasteiger partial charge in [-0.2, -0.15) is 5.10 Å². The average molecular weight is 197 g/mol. The van der Waals surface area contributed by atoms with Crippen LogP contribution in [-0.2, 0) is 16.6 Å². The topological polar surface area (TPSA) is 77.2 Å². The Balaban J connectivity index is 2.10. The van der Waals surface area contributed by atoms with Crippen molar-refractivity contribution in [2.45, 2.75) is 25.0 Å². The van der Waals surface area contributed by atoms with E-state index >= 15 is 0 Å². The number of hydrogen-bond donors (Lipinski definition) is 1. The van der Waals surface area contributed by atoms with Gasteiger partial charge in [0.05, 0.1) is 0 Å². The highest BCUT2D eigenvalue weighted by Crippen LogP contribution is 2.30. The lowest BCUT2D eigenvalue weighted by molar-refractivity contribution is -0.149. The number of carboxylic acids is 1. The first-order chi connectivity index (χ1) is 6.68. The van der Waals surface area contributed by atoms with E-state index in [2.05, 4.69) is 10.1 Å². The molecular formula is C8H11N3O3. The molecule has 76 valence electrons. The highest BCUT2D eigenvalue weighted by atomic mass is 16.5. The summed E-state index contributed by atoms with van der Waals surface area (Å²) in [5, 5.41) is 12.6. The molecule has 1 saturated heterocycles. The van der Waals surface area contributed by atoms with Crippen molar-refractivity contribution in [2.24, 2.45) is 7.05 Å². The van der Waals surface area contributed by atoms with Gasteiger partial charge in [-0.15, -0.1) is 0 Å². The van der Waals surface area contributed by atoms with Crippen LogP contribution in [0.4, 0.5) is 0 Å². The fourth-order valence-electron chi connectivity index (χ4n) is 1.61. The van der Waals surface area contributed by atoms with Crippen LogP contribution in [-0.4, -0.2) is 31.9 Å². The van der Waals surface area contributed by atoms with Crippen LogP contribution in [0, 0.1) is 0 Å². The van der Waals surface area contributed by atoms with Gasteiger partial charge in [0, 0.05) is 7.05 Å². The SMILES string of the molecule is Cn1ncnc1C1CCC(C(=O)O)O1. The van der Waals surface area contributed by atoms with Gasteiger partial charge in [-0.05, 0) is 12.8 Å². The molecule has 2 unspecified atom stereocenters. The normalized spacial score (nSPS) is 26.6. The molecule has 14 heavy (non-hydrogen) atoms. The van der Waals surface area contributed by atoms with Gasteiger partial charge in [0.2, 0.25) is 0 Å². The maximum atomic E-state index is 10.6. The second-order valence-corrected chi connectivity index (χ2v) is 3.27. The first kappa shape index (κ1) is 9.14. The summed E-state index contributed by atoms with van der Waals surface area (Å²) in [6.07, 6.45) is 1.73. The number of ether oxygens (including phenoxy) is 1. The third-order valence-electron chi connectivity index (χ3n) is 2.33. The van der Waals surface area contributed by atoms with Crippen LogP contribution in [0.15, 0.2) is 6.33 Å². The number of carboxylic acid groups (broad SMARTS) is 1. The zero-order chi connectivity index (χ0) is 10.1. The first-order valence-corrected chi connectivity index (χ1v) is 4.40. The summed E-state index contributed by atoms with van der Waals surface area (Å²) in [7, 11) is 1.76. The van der Waals surface area contributed by atoms with E-state index in [0.717, 1.165) is 0 Å². The molecule has 2 heterocycles. The van der Waals surface area contributed by atoms with Gasteiger partial charge in [0.15, 0.2) is 11.9 Å². The van der Waals surface area contributed by atoms with Crippen molar-refractivity contribution in [2.75, 3.05) is 0 Å². The molecule has 1 aliphatic heterocycles. The summed E-state index contributed by atoms with van der Waals surface area (Å²) < 4.78 is 6.93. The second kappa shape index (κ2) is 3.38. The zero-order valence-corrected chi connectivity index (χ0v) is 7.75. The van der Waals surface area contributed by atoms with Crippen molar-refractivity contribution in [1.29, 1.82) is 0 Å². The minimum atomic E-state index is -0.908. The second-order valence-electron chi connectivity index (χ2n) is 3.27. The minimum Gasteiger partial charge on any atom is -0.479 e. The standard InChI is InChI=1S/C8H11N3O3/c1-11-7(9-4-10-11)5-2-3-6(14-5)8(12)13/h4-6H,2-3H2,1H3,(H,12,13). The number of aryl methyl sites for hydroxylation is 1. The molecule has 0 aliphatic carbocycles. The number of aliphatic carboxylic acids is 1. The highest BCUT2D eigenvalue weighted by molar-refractivity contribution is 5.72. The van der Waals surface area contributed by atoms with Crippen molar-refractivity contribution in [3.8, 4) is 0 Å². The number of nitrogens with zero attached hydrogens (tertiary/aromatic N) is 3. The van der Waals surface area contributed by atoms with Crippen LogP contribution >= 0.6 is 0 Å². The first-order valence-electron chi connectivity index (χ1n) is 4.40. The fraction of sp³-hybridized carbons (Fsp3) is 0.625. The Kier molecular flexibility index (Phi) is 2.20. The lowest BCUT2D eigenvalue weighted by atomic mass is 10.2. The Hall–Kier alpha value is -1.43. The van der Waals surface area contributed by atoms with E-state index in [9.17, 15) is 4.79 Å². The third-order valence-corrected chi connectivity index (χ3v) is 2.33. The Morgan fingerprint density at radius 2 is 2.50 bits per heavy atom. The Labute approximate surface area is 80.5 Å². The van der Waals surface area contributed by atoms with Crippen molar-refractivity contribution in [1.82, 2.24) is 14.8 Å². The number of hydrogen-bond acceptors (Lipinski definition) is 4. The third kappa shape index (κ3) is 1.48. The van der Waals surface area contributed by atoms with Gasteiger partial charge < -0.3 is 9.84 Å². The van der Waals surface area contributed by atoms with Gasteiger partial charge in [-0.1, -0.05) is 0 Å². The molecular weight excluding hydrogens is 186 g/mol. The predicted molar refractivity (Wildman–Crippen MR) is 45.5 cm³/mol. The predicted octanol–water partition coefficient (Wildman–Crippen LogP) is 0.120. The summed E-state index contributed by atoms with van der Waals surface area (Å²) >= 11 is 0. The molecule has 0 aromatic carbocycles. The molecule has 1 aromatic rings. The molecule has 0 radical (unpaired) electrons. The smallest absolute Gasteiger partial charge is 0.332 e. The minimum absolute atomic E-state index is 0.233. The van der Waals surface area contributed by atoms with E-state index in [1.54, 1.807) is 11.7 Å². The van der Waals surface area contributed by atoms with E-state index in [4.69, 9.17) is 9.84 Å². The quantitative estimate of drug-likeness (QED) is 0.728. The molecule has 6 heteroatoms. The average Bonchev–Trinajstić information content (AvgIpc) is 2.71. The maximum absolute atomic E-state index is 10.6. The van der Waals surface area contributed by atoms with Crippen LogP contribution in [0.25, 0.3) is 0 Å². The fourth-order valence-corrected chi connectivity index (χ4v) is 1.61. The number of aromatic nitrogens is 3. The lowest BCUT2D eigenvalue weighted by Gasteiger charge is -2.09. The molecule has 0 amide bonds. The van der Waals surface area contributed by atoms with Crippen LogP contribution < -0.4 is 0 Å². The molecule has 6 nitrogen and oxygen atoms in total. The van der Waals surface area contributed by atoms with Gasteiger partial charge in [-0.3, -0.25) is 4.68 Å². The molecule has 1 N–H and O–H groups in total. The van der Waals surface area contributed by atoms with E-state index in [1.807, 2.05) is 0 Å². The monoisotopic (exact) mass is 197 g/mol. The summed E-state index contributed by atoms with van der Waals surface area (Å²) in [4.78, 5) is 14.7. The Morgan fingerprint density at radius 3 is 3.00 bits per heavy atom. The van der Waals surface area contributed by atoms with Crippen LogP contribution in [0.3, 0.4) is 0 Å². The molecule has 1 aromatic heterocycles. The van der Waals surface area contributed by atoms with Crippen LogP contribution in [0.1, 0.15) is 24.8 Å². The van der Waals surface area contributed by atoms with Crippen LogP contribution in [0.5, 0.6) is 0 Å². The van der Waals surface area contributed by atoms with Crippen LogP contribution in [0.2, 0.25) is 0 Å². The largest absolute Gasteiger partial charge is 0.479 e. The van der Waals surface area contributed by atoms with E-state index in [-0.39, 0.29) is 6.10 Å². The maximum Gasteiger partial charge on any atom is 0.332 e. The van der Waals surface area contributed by atoms with Crippen molar-refractivity contribution in [3.63, 3.8) is 0 Å². The van der Waals surface area contributed by atoms with E-state index in [0.29, 0.717) is 18.7 Å². The molecule has 1 aliphatic rings. The van der Waals surface area contributed by atoms with Gasteiger partial charge in [0.25, 0.3) is 0 Å². The van der Waals surface area contributed by atoms with Gasteiger partial charge in [0.1, 0.15) is 12.4 Å². The van der Waals surface area contributed by atoms with E-state index < -0.39 is 12.1 Å². The summed E-state index contributed by atoms with van der Waals surface area (Å²) in [5.74, 6) is -0.219. The van der Waals surface area contributed by atoms with Crippen molar-refractivity contribution in [3.05, 3.63) is 12.2 Å². The Bertz CT molecular complexity index is 349. The van der Waals surface area contributed by atoms with Gasteiger partial charge >= 0.3 is 5.97 Å². The highest BCUT2D eigenvalue weighted by Gasteiger charge is 2.33. The molecule has 1 fully saturated rings. The molecule has 2 atom stereocenters. The van der Waals surface area contributed by atoms with Crippen molar-refractivity contribution >= 4 is 5.97 Å². The summed E-state index contributed by atoms with van der Waals surface area (Å²) in [6, 6.07) is 0. The van der Waals surface area contributed by atoms with E-state index in [1.165, 1.54) is 6.33 Å². The van der Waals surface area contributed by atoms with Crippen molar-refractivity contribution < 1.29 is 14.6 Å². The Morgan fingerprint density at radius 1 is 1.71 bits per heavy atom. The zero-order valence-electron chi connectivity index (χ0n) is 7.75. The lowest BCUT2D eigenvalue weighted by Crippen LogP contribution is -2.19.